The molecule has 0 saturated carbocycles. The van der Waals surface area contributed by atoms with Gasteiger partial charge in [-0.2, -0.15) is 0 Å². The maximum absolute atomic E-state index is 5.75. The molecule has 122 valence electrons. The van der Waals surface area contributed by atoms with E-state index in [1.54, 1.807) is 0 Å². The van der Waals surface area contributed by atoms with Crippen molar-refractivity contribution in [3.63, 3.8) is 0 Å². The van der Waals surface area contributed by atoms with E-state index < -0.39 is 0 Å². The Bertz CT molecular complexity index is 691. The van der Waals surface area contributed by atoms with E-state index in [0.717, 1.165) is 48.4 Å². The number of ether oxygens (including phenoxy) is 2. The molecule has 1 aromatic heterocycles. The molecule has 0 amide bonds. The van der Waals surface area contributed by atoms with Crippen LogP contribution in [0.5, 0.6) is 11.5 Å². The van der Waals surface area contributed by atoms with Crippen molar-refractivity contribution in [1.82, 2.24) is 9.88 Å². The van der Waals surface area contributed by atoms with Gasteiger partial charge in [0.25, 0.3) is 0 Å². The monoisotopic (exact) mass is 314 g/mol. The average molecular weight is 314 g/mol. The normalized spacial score (nSPS) is 20.9. The molecule has 23 heavy (non-hydrogen) atoms. The lowest BCUT2D eigenvalue weighted by Gasteiger charge is -2.25. The van der Waals surface area contributed by atoms with Gasteiger partial charge in [-0.3, -0.25) is 4.90 Å². The maximum Gasteiger partial charge on any atom is 0.208 e. The van der Waals surface area contributed by atoms with Crippen molar-refractivity contribution < 1.29 is 13.9 Å². The predicted molar refractivity (Wildman–Crippen MR) is 85.8 cm³/mol. The molecule has 1 aromatic carbocycles. The molecule has 2 aliphatic rings. The van der Waals surface area contributed by atoms with Crippen LogP contribution >= 0.6 is 0 Å². The lowest BCUT2D eigenvalue weighted by molar-refractivity contribution is 0.170. The Labute approximate surface area is 136 Å². The lowest BCUT2D eigenvalue weighted by Crippen LogP contribution is -2.23. The third-order valence-corrected chi connectivity index (χ3v) is 4.73. The van der Waals surface area contributed by atoms with E-state index in [2.05, 4.69) is 22.0 Å². The molecule has 1 atom stereocenters. The zero-order chi connectivity index (χ0) is 15.8. The number of hydrogen-bond acceptors (Lipinski definition) is 5. The highest BCUT2D eigenvalue weighted by molar-refractivity contribution is 5.44. The van der Waals surface area contributed by atoms with E-state index >= 15 is 0 Å². The minimum absolute atomic E-state index is 0.387. The quantitative estimate of drug-likeness (QED) is 0.869. The highest BCUT2D eigenvalue weighted by Gasteiger charge is 2.28. The van der Waals surface area contributed by atoms with Gasteiger partial charge in [-0.05, 0) is 50.9 Å². The van der Waals surface area contributed by atoms with Crippen LogP contribution in [-0.4, -0.2) is 29.6 Å². The van der Waals surface area contributed by atoms with Gasteiger partial charge < -0.3 is 13.9 Å². The van der Waals surface area contributed by atoms with Crippen LogP contribution in [0.1, 0.15) is 41.8 Å². The fraction of sp³-hybridized carbons (Fsp3) is 0.500. The highest BCUT2D eigenvalue weighted by Crippen LogP contribution is 2.38. The molecule has 0 bridgehead atoms. The summed E-state index contributed by atoms with van der Waals surface area (Å²) in [5.41, 5.74) is 2.27. The third-order valence-electron chi connectivity index (χ3n) is 4.73. The van der Waals surface area contributed by atoms with Crippen molar-refractivity contribution >= 4 is 0 Å². The van der Waals surface area contributed by atoms with Crippen molar-refractivity contribution in [2.75, 3.05) is 19.8 Å². The number of fused-ring (bicyclic) bond motifs is 1. The van der Waals surface area contributed by atoms with E-state index in [1.165, 1.54) is 12.0 Å². The zero-order valence-corrected chi connectivity index (χ0v) is 13.7. The second-order valence-electron chi connectivity index (χ2n) is 6.28. The smallest absolute Gasteiger partial charge is 0.208 e. The van der Waals surface area contributed by atoms with E-state index in [4.69, 9.17) is 13.9 Å². The van der Waals surface area contributed by atoms with Gasteiger partial charge in [0.2, 0.25) is 5.89 Å². The summed E-state index contributed by atoms with van der Waals surface area (Å²) in [5.74, 6) is 3.44. The number of aromatic nitrogens is 1. The van der Waals surface area contributed by atoms with Gasteiger partial charge >= 0.3 is 0 Å². The van der Waals surface area contributed by atoms with Crippen LogP contribution in [0.25, 0.3) is 0 Å². The first kappa shape index (κ1) is 14.6. The number of nitrogens with zero attached hydrogens (tertiary/aromatic N) is 2. The first-order chi connectivity index (χ1) is 11.2. The summed E-state index contributed by atoms with van der Waals surface area (Å²) in [5, 5.41) is 0. The van der Waals surface area contributed by atoms with Gasteiger partial charge in [-0.15, -0.1) is 0 Å². The molecule has 0 unspecified atom stereocenters. The van der Waals surface area contributed by atoms with Gasteiger partial charge in [-0.1, -0.05) is 6.07 Å². The zero-order valence-electron chi connectivity index (χ0n) is 13.7. The minimum atomic E-state index is 0.387. The fourth-order valence-corrected chi connectivity index (χ4v) is 3.44. The molecular formula is C18H22N2O3. The van der Waals surface area contributed by atoms with Crippen molar-refractivity contribution in [2.45, 2.75) is 39.3 Å². The van der Waals surface area contributed by atoms with Crippen LogP contribution in [0.4, 0.5) is 0 Å². The third kappa shape index (κ3) is 2.81. The Morgan fingerprint density at radius 3 is 2.78 bits per heavy atom. The van der Waals surface area contributed by atoms with Gasteiger partial charge in [0, 0.05) is 6.04 Å². The van der Waals surface area contributed by atoms with Gasteiger partial charge in [0.05, 0.1) is 12.2 Å². The minimum Gasteiger partial charge on any atom is -0.486 e. The summed E-state index contributed by atoms with van der Waals surface area (Å²) in [6, 6.07) is 6.70. The molecule has 0 radical (unpaired) electrons. The van der Waals surface area contributed by atoms with Crippen LogP contribution in [0.15, 0.2) is 22.6 Å². The molecule has 5 nitrogen and oxygen atoms in total. The maximum atomic E-state index is 5.75. The summed E-state index contributed by atoms with van der Waals surface area (Å²) in [4.78, 5) is 6.96. The summed E-state index contributed by atoms with van der Waals surface area (Å²) in [6.45, 7) is 7.04. The first-order valence-electron chi connectivity index (χ1n) is 8.27. The standard InChI is InChI=1S/C18H22N2O3/c1-12-13(2)23-18(19-12)11-20-7-3-4-15(20)14-5-6-16-17(10-14)22-9-8-21-16/h5-6,10,15H,3-4,7-9,11H2,1-2H3/t15-/m0/s1. The molecule has 2 aromatic rings. The molecule has 5 heteroatoms. The number of rotatable bonds is 3. The molecular weight excluding hydrogens is 292 g/mol. The van der Waals surface area contributed by atoms with Gasteiger partial charge in [0.15, 0.2) is 11.5 Å². The van der Waals surface area contributed by atoms with Crippen LogP contribution in [0.2, 0.25) is 0 Å². The van der Waals surface area contributed by atoms with Crippen molar-refractivity contribution in [1.29, 1.82) is 0 Å². The Kier molecular flexibility index (Phi) is 3.73. The van der Waals surface area contributed by atoms with Crippen molar-refractivity contribution in [3.05, 3.63) is 41.1 Å². The van der Waals surface area contributed by atoms with E-state index in [-0.39, 0.29) is 0 Å². The van der Waals surface area contributed by atoms with Crippen LogP contribution in [0.3, 0.4) is 0 Å². The summed E-state index contributed by atoms with van der Waals surface area (Å²) >= 11 is 0. The second kappa shape index (κ2) is 5.89. The highest BCUT2D eigenvalue weighted by atomic mass is 16.6. The summed E-state index contributed by atoms with van der Waals surface area (Å²) in [7, 11) is 0. The fourth-order valence-electron chi connectivity index (χ4n) is 3.44. The molecule has 1 saturated heterocycles. The lowest BCUT2D eigenvalue weighted by atomic mass is 10.0. The Morgan fingerprint density at radius 2 is 2.00 bits per heavy atom. The molecule has 2 aliphatic heterocycles. The summed E-state index contributed by atoms with van der Waals surface area (Å²) < 4.78 is 17.1. The number of aryl methyl sites for hydroxylation is 2. The van der Waals surface area contributed by atoms with E-state index in [9.17, 15) is 0 Å². The SMILES string of the molecule is Cc1nc(CN2CCC[C@H]2c2ccc3c(c2)OCCO3)oc1C. The van der Waals surface area contributed by atoms with Crippen LogP contribution in [0, 0.1) is 13.8 Å². The molecule has 4 rings (SSSR count). The number of hydrogen-bond donors (Lipinski definition) is 0. The second-order valence-corrected chi connectivity index (χ2v) is 6.28. The average Bonchev–Trinajstić information content (AvgIpc) is 3.14. The number of benzene rings is 1. The molecule has 3 heterocycles. The Morgan fingerprint density at radius 1 is 1.17 bits per heavy atom. The van der Waals surface area contributed by atoms with E-state index in [0.29, 0.717) is 19.3 Å². The Hall–Kier alpha value is -2.01. The van der Waals surface area contributed by atoms with Gasteiger partial charge in [-0.25, -0.2) is 4.98 Å². The molecule has 1 fully saturated rings. The molecule has 0 spiro atoms. The number of likely N-dealkylation sites (tertiary alicyclic amines) is 1. The predicted octanol–water partition coefficient (Wildman–Crippen LogP) is 3.40. The Balaban J connectivity index is 1.55. The first-order valence-corrected chi connectivity index (χ1v) is 8.27. The molecule has 0 N–H and O–H groups in total. The van der Waals surface area contributed by atoms with Crippen LogP contribution in [-0.2, 0) is 6.54 Å². The van der Waals surface area contributed by atoms with E-state index in [1.807, 2.05) is 19.9 Å². The molecule has 0 aliphatic carbocycles. The van der Waals surface area contributed by atoms with Crippen molar-refractivity contribution in [3.8, 4) is 11.5 Å². The summed E-state index contributed by atoms with van der Waals surface area (Å²) in [6.07, 6.45) is 2.34. The largest absolute Gasteiger partial charge is 0.486 e. The van der Waals surface area contributed by atoms with Crippen molar-refractivity contribution in [2.24, 2.45) is 0 Å². The topological polar surface area (TPSA) is 47.7 Å². The number of oxazole rings is 1. The van der Waals surface area contributed by atoms with Gasteiger partial charge in [0.1, 0.15) is 19.0 Å². The van der Waals surface area contributed by atoms with Crippen LogP contribution < -0.4 is 9.47 Å².